The minimum atomic E-state index is -0.311. The number of hydrogen-bond acceptors (Lipinski definition) is 1. The van der Waals surface area contributed by atoms with Crippen molar-refractivity contribution in [2.24, 2.45) is 0 Å². The highest BCUT2D eigenvalue weighted by Gasteiger charge is 2.04. The Labute approximate surface area is 99.8 Å². The van der Waals surface area contributed by atoms with Crippen LogP contribution in [0.15, 0.2) is 35.1 Å². The van der Waals surface area contributed by atoms with E-state index in [1.165, 1.54) is 6.07 Å². The van der Waals surface area contributed by atoms with Crippen molar-refractivity contribution in [1.29, 1.82) is 0 Å². The molecule has 0 spiro atoms. The Balaban J connectivity index is 2.24. The second kappa shape index (κ2) is 4.33. The maximum atomic E-state index is 13.4. The maximum Gasteiger partial charge on any atom is 0.129 e. The molecule has 1 heterocycles. The molecule has 0 atom stereocenters. The highest BCUT2D eigenvalue weighted by Crippen LogP contribution is 2.16. The van der Waals surface area contributed by atoms with Crippen LogP contribution in [0.2, 0.25) is 5.02 Å². The molecule has 0 fully saturated rings. The lowest BCUT2D eigenvalue weighted by Crippen LogP contribution is -2.01. The zero-order chi connectivity index (χ0) is 10.8. The Morgan fingerprint density at radius 2 is 2.27 bits per heavy atom. The maximum absolute atomic E-state index is 13.4. The van der Waals surface area contributed by atoms with Gasteiger partial charge < -0.3 is 0 Å². The third-order valence-electron chi connectivity index (χ3n) is 1.95. The summed E-state index contributed by atoms with van der Waals surface area (Å²) in [6.07, 6.45) is 3.45. The molecule has 0 unspecified atom stereocenters. The van der Waals surface area contributed by atoms with Crippen LogP contribution in [0.25, 0.3) is 0 Å². The number of nitrogens with zero attached hydrogens (tertiary/aromatic N) is 2. The van der Waals surface area contributed by atoms with E-state index < -0.39 is 0 Å². The summed E-state index contributed by atoms with van der Waals surface area (Å²) in [4.78, 5) is 0. The fraction of sp³-hybridized carbons (Fsp3) is 0.100. The standard InChI is InChI=1S/C10H7BrClFN2/c11-8-4-14-15(6-8)5-7-1-2-9(12)3-10(7)13/h1-4,6H,5H2. The van der Waals surface area contributed by atoms with E-state index in [1.807, 2.05) is 0 Å². The SMILES string of the molecule is Fc1cc(Cl)ccc1Cn1cc(Br)cn1. The number of halogens is 3. The smallest absolute Gasteiger partial charge is 0.129 e. The molecular formula is C10H7BrClFN2. The summed E-state index contributed by atoms with van der Waals surface area (Å²) in [7, 11) is 0. The van der Waals surface area contributed by atoms with Gasteiger partial charge in [0.1, 0.15) is 5.82 Å². The van der Waals surface area contributed by atoms with Crippen LogP contribution in [-0.4, -0.2) is 9.78 Å². The average molecular weight is 290 g/mol. The van der Waals surface area contributed by atoms with Gasteiger partial charge in [-0.05, 0) is 28.1 Å². The van der Waals surface area contributed by atoms with Crippen LogP contribution in [-0.2, 0) is 6.54 Å². The summed E-state index contributed by atoms with van der Waals surface area (Å²) in [6, 6.07) is 4.63. The minimum absolute atomic E-state index is 0.311. The third-order valence-corrected chi connectivity index (χ3v) is 2.59. The minimum Gasteiger partial charge on any atom is -0.267 e. The first kappa shape index (κ1) is 10.6. The lowest BCUT2D eigenvalue weighted by atomic mass is 10.2. The molecular weight excluding hydrogens is 282 g/mol. The van der Waals surface area contributed by atoms with Crippen molar-refractivity contribution in [3.8, 4) is 0 Å². The van der Waals surface area contributed by atoms with Crippen molar-refractivity contribution in [2.45, 2.75) is 6.54 Å². The highest BCUT2D eigenvalue weighted by molar-refractivity contribution is 9.10. The van der Waals surface area contributed by atoms with Gasteiger partial charge in [0, 0.05) is 16.8 Å². The molecule has 0 saturated carbocycles. The molecule has 78 valence electrons. The molecule has 5 heteroatoms. The largest absolute Gasteiger partial charge is 0.267 e. The van der Waals surface area contributed by atoms with E-state index in [2.05, 4.69) is 21.0 Å². The molecule has 2 nitrogen and oxygen atoms in total. The molecule has 0 bridgehead atoms. The second-order valence-corrected chi connectivity index (χ2v) is 4.44. The van der Waals surface area contributed by atoms with Crippen LogP contribution in [0.1, 0.15) is 5.56 Å². The summed E-state index contributed by atoms with van der Waals surface area (Å²) in [5.74, 6) is -0.311. The molecule has 2 rings (SSSR count). The van der Waals surface area contributed by atoms with Crippen LogP contribution in [0.4, 0.5) is 4.39 Å². The zero-order valence-electron chi connectivity index (χ0n) is 7.62. The van der Waals surface area contributed by atoms with Gasteiger partial charge in [-0.3, -0.25) is 4.68 Å². The number of hydrogen-bond donors (Lipinski definition) is 0. The van der Waals surface area contributed by atoms with E-state index in [-0.39, 0.29) is 5.82 Å². The van der Waals surface area contributed by atoms with E-state index >= 15 is 0 Å². The Bertz CT molecular complexity index is 484. The monoisotopic (exact) mass is 288 g/mol. The van der Waals surface area contributed by atoms with E-state index in [9.17, 15) is 4.39 Å². The van der Waals surface area contributed by atoms with Gasteiger partial charge in [-0.2, -0.15) is 5.10 Å². The molecule has 0 radical (unpaired) electrons. The van der Waals surface area contributed by atoms with Gasteiger partial charge in [0.05, 0.1) is 17.2 Å². The fourth-order valence-electron chi connectivity index (χ4n) is 1.25. The van der Waals surface area contributed by atoms with E-state index in [1.54, 1.807) is 29.2 Å². The summed E-state index contributed by atoms with van der Waals surface area (Å²) < 4.78 is 15.9. The van der Waals surface area contributed by atoms with Gasteiger partial charge in [0.25, 0.3) is 0 Å². The second-order valence-electron chi connectivity index (χ2n) is 3.09. The van der Waals surface area contributed by atoms with E-state index in [0.29, 0.717) is 17.1 Å². The lowest BCUT2D eigenvalue weighted by molar-refractivity contribution is 0.585. The summed E-state index contributed by atoms with van der Waals surface area (Å²) in [5.41, 5.74) is 0.565. The van der Waals surface area contributed by atoms with Crippen molar-refractivity contribution in [3.63, 3.8) is 0 Å². The van der Waals surface area contributed by atoms with Crippen LogP contribution in [0.5, 0.6) is 0 Å². The van der Waals surface area contributed by atoms with Gasteiger partial charge in [0.15, 0.2) is 0 Å². The highest BCUT2D eigenvalue weighted by atomic mass is 79.9. The number of aromatic nitrogens is 2. The third kappa shape index (κ3) is 2.58. The Kier molecular flexibility index (Phi) is 3.07. The summed E-state index contributed by atoms with van der Waals surface area (Å²) in [6.45, 7) is 0.397. The van der Waals surface area contributed by atoms with Gasteiger partial charge in [-0.15, -0.1) is 0 Å². The quantitative estimate of drug-likeness (QED) is 0.827. The topological polar surface area (TPSA) is 17.8 Å². The Morgan fingerprint density at radius 1 is 1.47 bits per heavy atom. The molecule has 0 amide bonds. The first-order valence-corrected chi connectivity index (χ1v) is 5.44. The first-order valence-electron chi connectivity index (χ1n) is 4.27. The Hall–Kier alpha value is -0.870. The van der Waals surface area contributed by atoms with Gasteiger partial charge in [0.2, 0.25) is 0 Å². The lowest BCUT2D eigenvalue weighted by Gasteiger charge is -2.03. The van der Waals surface area contributed by atoms with E-state index in [4.69, 9.17) is 11.6 Å². The predicted octanol–water partition coefficient (Wildman–Crippen LogP) is 3.49. The van der Waals surface area contributed by atoms with Crippen molar-refractivity contribution in [2.75, 3.05) is 0 Å². The Morgan fingerprint density at radius 3 is 2.87 bits per heavy atom. The molecule has 0 aliphatic rings. The van der Waals surface area contributed by atoms with Crippen LogP contribution in [0.3, 0.4) is 0 Å². The summed E-state index contributed by atoms with van der Waals surface area (Å²) >= 11 is 8.93. The van der Waals surface area contributed by atoms with Gasteiger partial charge in [-0.25, -0.2) is 4.39 Å². The molecule has 0 aliphatic heterocycles. The van der Waals surface area contributed by atoms with Crippen molar-refractivity contribution >= 4 is 27.5 Å². The molecule has 1 aromatic carbocycles. The summed E-state index contributed by atoms with van der Waals surface area (Å²) in [5, 5.41) is 4.45. The zero-order valence-corrected chi connectivity index (χ0v) is 9.96. The average Bonchev–Trinajstić information content (AvgIpc) is 2.56. The normalized spacial score (nSPS) is 10.6. The molecule has 2 aromatic rings. The van der Waals surface area contributed by atoms with Gasteiger partial charge >= 0.3 is 0 Å². The molecule has 1 aromatic heterocycles. The molecule has 15 heavy (non-hydrogen) atoms. The molecule has 0 N–H and O–H groups in total. The first-order chi connectivity index (χ1) is 7.15. The predicted molar refractivity (Wildman–Crippen MR) is 60.4 cm³/mol. The van der Waals surface area contributed by atoms with Crippen molar-refractivity contribution in [3.05, 3.63) is 51.5 Å². The fourth-order valence-corrected chi connectivity index (χ4v) is 1.74. The van der Waals surface area contributed by atoms with Gasteiger partial charge in [-0.1, -0.05) is 17.7 Å². The van der Waals surface area contributed by atoms with E-state index in [0.717, 1.165) is 4.47 Å². The molecule has 0 saturated heterocycles. The van der Waals surface area contributed by atoms with Crippen molar-refractivity contribution in [1.82, 2.24) is 9.78 Å². The van der Waals surface area contributed by atoms with Crippen molar-refractivity contribution < 1.29 is 4.39 Å². The number of rotatable bonds is 2. The van der Waals surface area contributed by atoms with Crippen LogP contribution in [0, 0.1) is 5.82 Å². The number of benzene rings is 1. The van der Waals surface area contributed by atoms with Crippen LogP contribution < -0.4 is 0 Å². The van der Waals surface area contributed by atoms with Crippen LogP contribution >= 0.6 is 27.5 Å². The molecule has 0 aliphatic carbocycles.